The minimum atomic E-state index is -0.177. The quantitative estimate of drug-likeness (QED) is 0.800. The van der Waals surface area contributed by atoms with Crippen LogP contribution in [0.2, 0.25) is 0 Å². The summed E-state index contributed by atoms with van der Waals surface area (Å²) in [6.45, 7) is 5.38. The van der Waals surface area contributed by atoms with Crippen LogP contribution >= 0.6 is 0 Å². The van der Waals surface area contributed by atoms with Gasteiger partial charge in [0.15, 0.2) is 0 Å². The van der Waals surface area contributed by atoms with Crippen LogP contribution in [0.3, 0.4) is 0 Å². The Morgan fingerprint density at radius 1 is 1.19 bits per heavy atom. The van der Waals surface area contributed by atoms with Gasteiger partial charge in [-0.05, 0) is 25.7 Å². The molecule has 0 aromatic rings. The zero-order valence-corrected chi connectivity index (χ0v) is 13.4. The fraction of sp³-hybridized carbons (Fsp3) is 0.875. The molecule has 0 aromatic carbocycles. The number of methoxy groups -OCH3 is 1. The molecule has 2 aliphatic rings. The Bertz CT molecular complexity index is 380. The summed E-state index contributed by atoms with van der Waals surface area (Å²) in [5.41, 5.74) is 0. The predicted molar refractivity (Wildman–Crippen MR) is 80.7 cm³/mol. The molecule has 1 aliphatic carbocycles. The molecule has 120 valence electrons. The molecular formula is C16H28N2O3. The Morgan fingerprint density at radius 3 is 2.48 bits per heavy atom. The normalized spacial score (nSPS) is 29.1. The predicted octanol–water partition coefficient (Wildman–Crippen LogP) is 1.56. The summed E-state index contributed by atoms with van der Waals surface area (Å²) in [5.74, 6) is 0.0619. The Morgan fingerprint density at radius 2 is 1.86 bits per heavy atom. The first-order valence-electron chi connectivity index (χ1n) is 8.15. The summed E-state index contributed by atoms with van der Waals surface area (Å²) < 4.78 is 4.85. The molecule has 0 radical (unpaired) electrons. The second-order valence-corrected chi connectivity index (χ2v) is 6.58. The second-order valence-electron chi connectivity index (χ2n) is 6.58. The first-order chi connectivity index (χ1) is 10.0. The molecule has 2 rings (SSSR count). The number of likely N-dealkylation sites (tertiary alicyclic amines) is 1. The van der Waals surface area contributed by atoms with E-state index in [1.165, 1.54) is 26.4 Å². The van der Waals surface area contributed by atoms with Gasteiger partial charge in [-0.2, -0.15) is 0 Å². The van der Waals surface area contributed by atoms with Crippen LogP contribution in [0.1, 0.15) is 46.0 Å². The van der Waals surface area contributed by atoms with Crippen LogP contribution in [0.25, 0.3) is 0 Å². The summed E-state index contributed by atoms with van der Waals surface area (Å²) in [6.07, 6.45) is 5.90. The molecule has 1 saturated carbocycles. The molecule has 0 bridgehead atoms. The van der Waals surface area contributed by atoms with Crippen LogP contribution in [0.15, 0.2) is 0 Å². The summed E-state index contributed by atoms with van der Waals surface area (Å²) >= 11 is 0. The SMILES string of the molecule is COC(=O)C1CN(C(C)C(=O)NC2CCCCC2)CC1C. The van der Waals surface area contributed by atoms with Gasteiger partial charge in [0.1, 0.15) is 0 Å². The van der Waals surface area contributed by atoms with Crippen molar-refractivity contribution >= 4 is 11.9 Å². The zero-order chi connectivity index (χ0) is 15.4. The maximum Gasteiger partial charge on any atom is 0.310 e. The number of ether oxygens (including phenoxy) is 1. The molecule has 1 aliphatic heterocycles. The molecule has 2 fully saturated rings. The molecule has 1 N–H and O–H groups in total. The number of nitrogens with zero attached hydrogens (tertiary/aromatic N) is 1. The number of carbonyl (C=O) groups is 2. The fourth-order valence-corrected chi connectivity index (χ4v) is 3.51. The first kappa shape index (κ1) is 16.3. The third kappa shape index (κ3) is 3.96. The van der Waals surface area contributed by atoms with Crippen molar-refractivity contribution in [3.05, 3.63) is 0 Å². The monoisotopic (exact) mass is 296 g/mol. The van der Waals surface area contributed by atoms with E-state index >= 15 is 0 Å². The molecule has 3 atom stereocenters. The minimum Gasteiger partial charge on any atom is -0.469 e. The molecule has 3 unspecified atom stereocenters. The van der Waals surface area contributed by atoms with E-state index in [9.17, 15) is 9.59 Å². The van der Waals surface area contributed by atoms with Crippen LogP contribution in [-0.2, 0) is 14.3 Å². The number of rotatable bonds is 4. The van der Waals surface area contributed by atoms with E-state index in [4.69, 9.17) is 4.74 Å². The van der Waals surface area contributed by atoms with E-state index in [1.807, 2.05) is 13.8 Å². The number of carbonyl (C=O) groups excluding carboxylic acids is 2. The molecule has 0 aromatic heterocycles. The minimum absolute atomic E-state index is 0.0969. The third-order valence-electron chi connectivity index (χ3n) is 5.02. The van der Waals surface area contributed by atoms with E-state index in [2.05, 4.69) is 10.2 Å². The number of esters is 1. The highest BCUT2D eigenvalue weighted by atomic mass is 16.5. The van der Waals surface area contributed by atoms with E-state index in [-0.39, 0.29) is 29.8 Å². The lowest BCUT2D eigenvalue weighted by atomic mass is 9.95. The largest absolute Gasteiger partial charge is 0.469 e. The fourth-order valence-electron chi connectivity index (χ4n) is 3.51. The topological polar surface area (TPSA) is 58.6 Å². The highest BCUT2D eigenvalue weighted by molar-refractivity contribution is 5.82. The van der Waals surface area contributed by atoms with E-state index < -0.39 is 0 Å². The maximum atomic E-state index is 12.4. The van der Waals surface area contributed by atoms with Crippen molar-refractivity contribution < 1.29 is 14.3 Å². The Hall–Kier alpha value is -1.10. The van der Waals surface area contributed by atoms with Crippen LogP contribution in [0.4, 0.5) is 0 Å². The molecule has 0 spiro atoms. The lowest BCUT2D eigenvalue weighted by Crippen LogP contribution is -2.48. The van der Waals surface area contributed by atoms with Crippen molar-refractivity contribution in [2.24, 2.45) is 11.8 Å². The lowest BCUT2D eigenvalue weighted by molar-refractivity contribution is -0.146. The molecule has 1 amide bonds. The second kappa shape index (κ2) is 7.25. The number of nitrogens with one attached hydrogen (secondary N) is 1. The molecule has 5 heteroatoms. The smallest absolute Gasteiger partial charge is 0.310 e. The van der Waals surface area contributed by atoms with Crippen molar-refractivity contribution in [3.63, 3.8) is 0 Å². The summed E-state index contributed by atoms with van der Waals surface area (Å²) in [5, 5.41) is 3.17. The van der Waals surface area contributed by atoms with Crippen LogP contribution in [-0.4, -0.2) is 49.1 Å². The van der Waals surface area contributed by atoms with Crippen molar-refractivity contribution in [2.75, 3.05) is 20.2 Å². The van der Waals surface area contributed by atoms with Gasteiger partial charge < -0.3 is 10.1 Å². The summed E-state index contributed by atoms with van der Waals surface area (Å²) in [7, 11) is 1.43. The molecule has 1 heterocycles. The standard InChI is InChI=1S/C16H28N2O3/c1-11-9-18(10-14(11)16(20)21-3)12(2)15(19)17-13-7-5-4-6-8-13/h11-14H,4-10H2,1-3H3,(H,17,19). The maximum absolute atomic E-state index is 12.4. The zero-order valence-electron chi connectivity index (χ0n) is 13.4. The lowest BCUT2D eigenvalue weighted by Gasteiger charge is -2.28. The van der Waals surface area contributed by atoms with Gasteiger partial charge >= 0.3 is 5.97 Å². The Balaban J connectivity index is 1.86. The van der Waals surface area contributed by atoms with Crippen LogP contribution in [0.5, 0.6) is 0 Å². The number of hydrogen-bond acceptors (Lipinski definition) is 4. The van der Waals surface area contributed by atoms with Gasteiger partial charge in [0, 0.05) is 19.1 Å². The van der Waals surface area contributed by atoms with Gasteiger partial charge in [-0.3, -0.25) is 14.5 Å². The van der Waals surface area contributed by atoms with E-state index in [1.54, 1.807) is 0 Å². The Kier molecular flexibility index (Phi) is 5.62. The van der Waals surface area contributed by atoms with E-state index in [0.29, 0.717) is 12.6 Å². The van der Waals surface area contributed by atoms with Crippen LogP contribution < -0.4 is 5.32 Å². The van der Waals surface area contributed by atoms with Gasteiger partial charge in [0.25, 0.3) is 0 Å². The molecule has 21 heavy (non-hydrogen) atoms. The summed E-state index contributed by atoms with van der Waals surface area (Å²) in [4.78, 5) is 26.2. The average Bonchev–Trinajstić information content (AvgIpc) is 2.88. The number of hydrogen-bond donors (Lipinski definition) is 1. The van der Waals surface area contributed by atoms with Crippen molar-refractivity contribution in [3.8, 4) is 0 Å². The number of amides is 1. The average molecular weight is 296 g/mol. The van der Waals surface area contributed by atoms with Crippen molar-refractivity contribution in [1.82, 2.24) is 10.2 Å². The summed E-state index contributed by atoms with van der Waals surface area (Å²) in [6, 6.07) is 0.161. The highest BCUT2D eigenvalue weighted by Crippen LogP contribution is 2.26. The van der Waals surface area contributed by atoms with Crippen LogP contribution in [0, 0.1) is 11.8 Å². The van der Waals surface area contributed by atoms with Gasteiger partial charge in [0.05, 0.1) is 19.1 Å². The van der Waals surface area contributed by atoms with E-state index in [0.717, 1.165) is 19.4 Å². The van der Waals surface area contributed by atoms with Gasteiger partial charge in [-0.15, -0.1) is 0 Å². The van der Waals surface area contributed by atoms with Gasteiger partial charge in [0.2, 0.25) is 5.91 Å². The molecule has 5 nitrogen and oxygen atoms in total. The molecular weight excluding hydrogens is 268 g/mol. The highest BCUT2D eigenvalue weighted by Gasteiger charge is 2.39. The third-order valence-corrected chi connectivity index (χ3v) is 5.02. The first-order valence-corrected chi connectivity index (χ1v) is 8.15. The Labute approximate surface area is 127 Å². The van der Waals surface area contributed by atoms with Gasteiger partial charge in [-0.25, -0.2) is 0 Å². The molecule has 1 saturated heterocycles. The van der Waals surface area contributed by atoms with Gasteiger partial charge in [-0.1, -0.05) is 26.2 Å². The van der Waals surface area contributed by atoms with Crippen molar-refractivity contribution in [1.29, 1.82) is 0 Å². The van der Waals surface area contributed by atoms with Crippen molar-refractivity contribution in [2.45, 2.75) is 58.0 Å².